The molecule has 0 saturated carbocycles. The van der Waals surface area contributed by atoms with Crippen LogP contribution in [0.25, 0.3) is 11.0 Å². The average Bonchev–Trinajstić information content (AvgIpc) is 2.72. The Morgan fingerprint density at radius 2 is 2.15 bits per heavy atom. The molecule has 0 radical (unpaired) electrons. The Kier molecular flexibility index (Phi) is 4.09. The van der Waals surface area contributed by atoms with E-state index in [-0.39, 0.29) is 5.97 Å². The van der Waals surface area contributed by atoms with Gasteiger partial charge in [-0.1, -0.05) is 12.1 Å². The summed E-state index contributed by atoms with van der Waals surface area (Å²) in [6.45, 7) is 6.43. The Bertz CT molecular complexity index is 617. The molecule has 0 bridgehead atoms. The Hall–Kier alpha value is -1.88. The van der Waals surface area contributed by atoms with Gasteiger partial charge < -0.3 is 15.0 Å². The standard InChI is InChI=1S/C15H21N3O2/c1-4-20-14(19)15(3,16)9-10-18-11(2)17-12-7-5-6-8-13(12)18/h5-8H,4,9-10,16H2,1-3H3. The van der Waals surface area contributed by atoms with Crippen molar-refractivity contribution in [3.63, 3.8) is 0 Å². The van der Waals surface area contributed by atoms with Crippen LogP contribution in [0.4, 0.5) is 0 Å². The molecule has 0 aliphatic heterocycles. The predicted molar refractivity (Wildman–Crippen MR) is 78.3 cm³/mol. The van der Waals surface area contributed by atoms with Gasteiger partial charge in [-0.05, 0) is 39.3 Å². The summed E-state index contributed by atoms with van der Waals surface area (Å²) in [4.78, 5) is 16.3. The molecule has 2 aromatic rings. The molecule has 0 aliphatic carbocycles. The molecule has 1 atom stereocenters. The summed E-state index contributed by atoms with van der Waals surface area (Å²) in [7, 11) is 0. The summed E-state index contributed by atoms with van der Waals surface area (Å²) in [5.74, 6) is 0.563. The van der Waals surface area contributed by atoms with Crippen LogP contribution >= 0.6 is 0 Å². The highest BCUT2D eigenvalue weighted by atomic mass is 16.5. The maximum absolute atomic E-state index is 11.8. The average molecular weight is 275 g/mol. The molecule has 1 unspecified atom stereocenters. The van der Waals surface area contributed by atoms with Crippen LogP contribution in [0.2, 0.25) is 0 Å². The van der Waals surface area contributed by atoms with Gasteiger partial charge in [-0.15, -0.1) is 0 Å². The number of nitrogens with two attached hydrogens (primary N) is 1. The minimum Gasteiger partial charge on any atom is -0.465 e. The number of ether oxygens (including phenoxy) is 1. The fourth-order valence-corrected chi connectivity index (χ4v) is 2.22. The molecule has 1 aromatic carbocycles. The van der Waals surface area contributed by atoms with Crippen LogP contribution in [0.15, 0.2) is 24.3 Å². The molecule has 1 heterocycles. The number of imidazole rings is 1. The topological polar surface area (TPSA) is 70.1 Å². The number of esters is 1. The van der Waals surface area contributed by atoms with Gasteiger partial charge in [0, 0.05) is 6.54 Å². The van der Waals surface area contributed by atoms with Gasteiger partial charge in [0.1, 0.15) is 11.4 Å². The summed E-state index contributed by atoms with van der Waals surface area (Å²) < 4.78 is 7.09. The van der Waals surface area contributed by atoms with Crippen molar-refractivity contribution < 1.29 is 9.53 Å². The van der Waals surface area contributed by atoms with Gasteiger partial charge in [-0.25, -0.2) is 4.98 Å². The van der Waals surface area contributed by atoms with Crippen LogP contribution in [0.1, 0.15) is 26.1 Å². The Morgan fingerprint density at radius 3 is 2.85 bits per heavy atom. The molecule has 5 heteroatoms. The number of hydrogen-bond acceptors (Lipinski definition) is 4. The van der Waals surface area contributed by atoms with E-state index in [0.717, 1.165) is 16.9 Å². The molecule has 20 heavy (non-hydrogen) atoms. The zero-order valence-corrected chi connectivity index (χ0v) is 12.2. The van der Waals surface area contributed by atoms with Gasteiger partial charge in [0.25, 0.3) is 0 Å². The number of nitrogens with zero attached hydrogens (tertiary/aromatic N) is 2. The zero-order valence-electron chi connectivity index (χ0n) is 12.2. The van der Waals surface area contributed by atoms with E-state index in [1.165, 1.54) is 0 Å². The van der Waals surface area contributed by atoms with E-state index in [0.29, 0.717) is 19.6 Å². The Labute approximate surface area is 118 Å². The van der Waals surface area contributed by atoms with Crippen LogP contribution in [0, 0.1) is 6.92 Å². The van der Waals surface area contributed by atoms with E-state index in [2.05, 4.69) is 9.55 Å². The van der Waals surface area contributed by atoms with Crippen LogP contribution in [-0.2, 0) is 16.1 Å². The van der Waals surface area contributed by atoms with Crippen molar-refractivity contribution in [2.75, 3.05) is 6.61 Å². The quantitative estimate of drug-likeness (QED) is 0.847. The number of aryl methyl sites for hydroxylation is 2. The van der Waals surface area contributed by atoms with E-state index in [9.17, 15) is 4.79 Å². The molecule has 108 valence electrons. The summed E-state index contributed by atoms with van der Waals surface area (Å²) in [6, 6.07) is 7.94. The molecule has 2 N–H and O–H groups in total. The van der Waals surface area contributed by atoms with Crippen molar-refractivity contribution in [3.05, 3.63) is 30.1 Å². The summed E-state index contributed by atoms with van der Waals surface area (Å²) in [6.07, 6.45) is 0.507. The number of para-hydroxylation sites is 2. The van der Waals surface area contributed by atoms with Gasteiger partial charge in [0.05, 0.1) is 17.6 Å². The fraction of sp³-hybridized carbons (Fsp3) is 0.467. The molecular weight excluding hydrogens is 254 g/mol. The van der Waals surface area contributed by atoms with Gasteiger partial charge in [0.2, 0.25) is 0 Å². The molecule has 2 rings (SSSR count). The fourth-order valence-electron chi connectivity index (χ4n) is 2.22. The zero-order chi connectivity index (χ0) is 14.8. The largest absolute Gasteiger partial charge is 0.465 e. The van der Waals surface area contributed by atoms with Crippen molar-refractivity contribution in [2.24, 2.45) is 5.73 Å². The number of benzene rings is 1. The Morgan fingerprint density at radius 1 is 1.45 bits per heavy atom. The Balaban J connectivity index is 2.17. The third-order valence-electron chi connectivity index (χ3n) is 3.44. The van der Waals surface area contributed by atoms with E-state index in [1.54, 1.807) is 13.8 Å². The number of carbonyl (C=O) groups excluding carboxylic acids is 1. The van der Waals surface area contributed by atoms with Crippen LogP contribution < -0.4 is 5.73 Å². The first-order chi connectivity index (χ1) is 9.45. The van der Waals surface area contributed by atoms with Gasteiger partial charge in [-0.2, -0.15) is 0 Å². The maximum Gasteiger partial charge on any atom is 0.325 e. The SMILES string of the molecule is CCOC(=O)C(C)(N)CCn1c(C)nc2ccccc21. The first-order valence-electron chi connectivity index (χ1n) is 6.83. The van der Waals surface area contributed by atoms with E-state index in [1.807, 2.05) is 31.2 Å². The first kappa shape index (κ1) is 14.5. The minimum atomic E-state index is -0.978. The second kappa shape index (κ2) is 5.63. The number of rotatable bonds is 5. The monoisotopic (exact) mass is 275 g/mol. The predicted octanol–water partition coefficient (Wildman–Crippen LogP) is 2.02. The molecule has 0 saturated heterocycles. The molecule has 1 aromatic heterocycles. The first-order valence-corrected chi connectivity index (χ1v) is 6.83. The lowest BCUT2D eigenvalue weighted by atomic mass is 9.99. The lowest BCUT2D eigenvalue weighted by Gasteiger charge is -2.22. The smallest absolute Gasteiger partial charge is 0.325 e. The number of carbonyl (C=O) groups is 1. The second-order valence-electron chi connectivity index (χ2n) is 5.19. The lowest BCUT2D eigenvalue weighted by molar-refractivity contribution is -0.149. The summed E-state index contributed by atoms with van der Waals surface area (Å²) in [5, 5.41) is 0. The van der Waals surface area contributed by atoms with Crippen molar-refractivity contribution >= 4 is 17.0 Å². The van der Waals surface area contributed by atoms with Crippen molar-refractivity contribution in [1.29, 1.82) is 0 Å². The summed E-state index contributed by atoms with van der Waals surface area (Å²) in [5.41, 5.74) is 7.09. The highest BCUT2D eigenvalue weighted by Crippen LogP contribution is 2.18. The number of aromatic nitrogens is 2. The third kappa shape index (κ3) is 2.82. The molecule has 0 spiro atoms. The lowest BCUT2D eigenvalue weighted by Crippen LogP contribution is -2.46. The van der Waals surface area contributed by atoms with Crippen LogP contribution in [0.5, 0.6) is 0 Å². The van der Waals surface area contributed by atoms with Crippen molar-refractivity contribution in [3.8, 4) is 0 Å². The minimum absolute atomic E-state index is 0.346. The van der Waals surface area contributed by atoms with Gasteiger partial charge in [0.15, 0.2) is 0 Å². The molecule has 0 amide bonds. The highest BCUT2D eigenvalue weighted by Gasteiger charge is 2.29. The third-order valence-corrected chi connectivity index (χ3v) is 3.44. The number of hydrogen-bond donors (Lipinski definition) is 1. The van der Waals surface area contributed by atoms with E-state index < -0.39 is 5.54 Å². The normalized spacial score (nSPS) is 14.2. The van der Waals surface area contributed by atoms with Crippen molar-refractivity contribution in [1.82, 2.24) is 9.55 Å². The van der Waals surface area contributed by atoms with Crippen LogP contribution in [-0.4, -0.2) is 27.7 Å². The van der Waals surface area contributed by atoms with E-state index in [4.69, 9.17) is 10.5 Å². The summed E-state index contributed by atoms with van der Waals surface area (Å²) >= 11 is 0. The molecule has 0 aliphatic rings. The number of fused-ring (bicyclic) bond motifs is 1. The van der Waals surface area contributed by atoms with Gasteiger partial charge >= 0.3 is 5.97 Å². The highest BCUT2D eigenvalue weighted by molar-refractivity contribution is 5.80. The second-order valence-corrected chi connectivity index (χ2v) is 5.19. The molecule has 5 nitrogen and oxygen atoms in total. The van der Waals surface area contributed by atoms with Gasteiger partial charge in [-0.3, -0.25) is 4.79 Å². The van der Waals surface area contributed by atoms with Crippen LogP contribution in [0.3, 0.4) is 0 Å². The molecule has 0 fully saturated rings. The van der Waals surface area contributed by atoms with E-state index >= 15 is 0 Å². The maximum atomic E-state index is 11.8. The molecular formula is C15H21N3O2. The van der Waals surface area contributed by atoms with Crippen molar-refractivity contribution in [2.45, 2.75) is 39.3 Å².